The summed E-state index contributed by atoms with van der Waals surface area (Å²) in [5, 5.41) is 0. The van der Waals surface area contributed by atoms with Crippen LogP contribution in [0.4, 0.5) is 0 Å². The van der Waals surface area contributed by atoms with Gasteiger partial charge in [-0.05, 0) is 82.5 Å². The Morgan fingerprint density at radius 2 is 1.32 bits per heavy atom. The maximum Gasteiger partial charge on any atom is 0.183 e. The summed E-state index contributed by atoms with van der Waals surface area (Å²) in [4.78, 5) is 2.67. The topological polar surface area (TPSA) is 21.7 Å². The second-order valence-electron chi connectivity index (χ2n) is 11.4. The highest BCUT2D eigenvalue weighted by Crippen LogP contribution is 2.45. The van der Waals surface area contributed by atoms with Gasteiger partial charge in [0.25, 0.3) is 0 Å². The molecule has 0 N–H and O–H groups in total. The standard InChI is InChI=1S/C31H43NO2/c1-7-9-10-23-11-13-25(14-12-23)28-21-33-29(34-22-28)26-17-15-24(16-18-26)27-19-30(3,4)32(8-2)31(5,6)20-27/h7,11-18,27-29H,1,8-10,19-22H2,2-6H3. The average Bonchev–Trinajstić information content (AvgIpc) is 2.82. The molecule has 0 spiro atoms. The van der Waals surface area contributed by atoms with Gasteiger partial charge in [-0.2, -0.15) is 0 Å². The first kappa shape index (κ1) is 25.2. The van der Waals surface area contributed by atoms with E-state index in [0.29, 0.717) is 19.1 Å². The Morgan fingerprint density at radius 1 is 0.824 bits per heavy atom. The van der Waals surface area contributed by atoms with Gasteiger partial charge in [0.15, 0.2) is 6.29 Å². The third-order valence-corrected chi connectivity index (χ3v) is 7.94. The summed E-state index contributed by atoms with van der Waals surface area (Å²) >= 11 is 0. The van der Waals surface area contributed by atoms with Crippen molar-refractivity contribution in [3.63, 3.8) is 0 Å². The van der Waals surface area contributed by atoms with Gasteiger partial charge in [-0.1, -0.05) is 61.5 Å². The molecule has 4 rings (SSSR count). The van der Waals surface area contributed by atoms with Crippen LogP contribution in [-0.2, 0) is 15.9 Å². The Hall–Kier alpha value is -1.94. The molecule has 2 aliphatic rings. The van der Waals surface area contributed by atoms with Gasteiger partial charge in [-0.3, -0.25) is 4.90 Å². The van der Waals surface area contributed by atoms with Crippen LogP contribution in [0.1, 0.15) is 94.3 Å². The molecule has 184 valence electrons. The Kier molecular flexibility index (Phi) is 7.66. The minimum Gasteiger partial charge on any atom is -0.348 e. The minimum atomic E-state index is -0.271. The van der Waals surface area contributed by atoms with Gasteiger partial charge in [-0.15, -0.1) is 6.58 Å². The van der Waals surface area contributed by atoms with Gasteiger partial charge in [0.2, 0.25) is 0 Å². The van der Waals surface area contributed by atoms with Crippen molar-refractivity contribution in [2.75, 3.05) is 19.8 Å². The fraction of sp³-hybridized carbons (Fsp3) is 0.548. The lowest BCUT2D eigenvalue weighted by atomic mass is 9.71. The molecule has 0 radical (unpaired) electrons. The van der Waals surface area contributed by atoms with Crippen LogP contribution in [-0.4, -0.2) is 35.7 Å². The Labute approximate surface area is 207 Å². The third-order valence-electron chi connectivity index (χ3n) is 7.94. The van der Waals surface area contributed by atoms with E-state index in [0.717, 1.165) is 24.9 Å². The van der Waals surface area contributed by atoms with Crippen molar-refractivity contribution in [3.05, 3.63) is 83.4 Å². The molecule has 3 heteroatoms. The lowest BCUT2D eigenvalue weighted by molar-refractivity contribution is -0.191. The highest BCUT2D eigenvalue weighted by atomic mass is 16.7. The summed E-state index contributed by atoms with van der Waals surface area (Å²) in [6.45, 7) is 18.2. The predicted molar refractivity (Wildman–Crippen MR) is 141 cm³/mol. The van der Waals surface area contributed by atoms with Crippen LogP contribution in [0.15, 0.2) is 61.2 Å². The minimum absolute atomic E-state index is 0.203. The molecule has 34 heavy (non-hydrogen) atoms. The largest absolute Gasteiger partial charge is 0.348 e. The van der Waals surface area contributed by atoms with E-state index < -0.39 is 0 Å². The lowest BCUT2D eigenvalue weighted by Crippen LogP contribution is -2.59. The smallest absolute Gasteiger partial charge is 0.183 e. The molecule has 2 aromatic rings. The summed E-state index contributed by atoms with van der Waals surface area (Å²) in [5.74, 6) is 0.867. The second-order valence-corrected chi connectivity index (χ2v) is 11.4. The number of rotatable bonds is 7. The molecular weight excluding hydrogens is 418 g/mol. The zero-order valence-corrected chi connectivity index (χ0v) is 21.8. The van der Waals surface area contributed by atoms with Gasteiger partial charge in [-0.25, -0.2) is 0 Å². The molecule has 0 amide bonds. The van der Waals surface area contributed by atoms with Crippen LogP contribution < -0.4 is 0 Å². The first-order valence-electron chi connectivity index (χ1n) is 13.0. The first-order valence-corrected chi connectivity index (χ1v) is 13.0. The number of benzene rings is 2. The van der Waals surface area contributed by atoms with E-state index in [2.05, 4.69) is 94.6 Å². The number of nitrogens with zero attached hydrogens (tertiary/aromatic N) is 1. The summed E-state index contributed by atoms with van der Waals surface area (Å²) in [6.07, 6.45) is 6.14. The maximum atomic E-state index is 6.16. The third kappa shape index (κ3) is 5.48. The lowest BCUT2D eigenvalue weighted by Gasteiger charge is -2.55. The number of likely N-dealkylation sites (tertiary alicyclic amines) is 1. The van der Waals surface area contributed by atoms with Crippen LogP contribution in [0.5, 0.6) is 0 Å². The number of piperidine rings is 1. The van der Waals surface area contributed by atoms with Gasteiger partial charge < -0.3 is 9.47 Å². The van der Waals surface area contributed by atoms with E-state index >= 15 is 0 Å². The van der Waals surface area contributed by atoms with Crippen molar-refractivity contribution < 1.29 is 9.47 Å². The molecule has 0 bridgehead atoms. The molecular formula is C31H43NO2. The van der Waals surface area contributed by atoms with Crippen molar-refractivity contribution in [2.24, 2.45) is 0 Å². The molecule has 2 heterocycles. The van der Waals surface area contributed by atoms with Crippen molar-refractivity contribution in [1.82, 2.24) is 4.90 Å². The molecule has 0 saturated carbocycles. The molecule has 0 aromatic heterocycles. The fourth-order valence-electron chi connectivity index (χ4n) is 6.45. The number of aryl methyl sites for hydroxylation is 1. The second kappa shape index (κ2) is 10.4. The van der Waals surface area contributed by atoms with E-state index in [4.69, 9.17) is 9.47 Å². The van der Waals surface area contributed by atoms with E-state index in [1.165, 1.54) is 29.5 Å². The highest BCUT2D eigenvalue weighted by Gasteiger charge is 2.44. The molecule has 2 saturated heterocycles. The molecule has 2 aliphatic heterocycles. The molecule has 0 atom stereocenters. The van der Waals surface area contributed by atoms with Gasteiger partial charge in [0.05, 0.1) is 13.2 Å². The first-order chi connectivity index (χ1) is 16.2. The number of allylic oxidation sites excluding steroid dienone is 1. The van der Waals surface area contributed by atoms with Crippen molar-refractivity contribution in [1.29, 1.82) is 0 Å². The maximum absolute atomic E-state index is 6.16. The van der Waals surface area contributed by atoms with Crippen LogP contribution in [0.2, 0.25) is 0 Å². The SMILES string of the molecule is C=CCCc1ccc(C2COC(c3ccc(C4CC(C)(C)N(CC)C(C)(C)C4)cc3)OC2)cc1. The van der Waals surface area contributed by atoms with Gasteiger partial charge in [0.1, 0.15) is 0 Å². The Balaban J connectivity index is 1.36. The van der Waals surface area contributed by atoms with Crippen molar-refractivity contribution in [2.45, 2.75) is 89.5 Å². The summed E-state index contributed by atoms with van der Waals surface area (Å²) in [6, 6.07) is 17.9. The fourth-order valence-corrected chi connectivity index (χ4v) is 6.45. The molecule has 2 fully saturated rings. The molecule has 2 aromatic carbocycles. The van der Waals surface area contributed by atoms with E-state index in [1.54, 1.807) is 0 Å². The average molecular weight is 462 g/mol. The van der Waals surface area contributed by atoms with Crippen molar-refractivity contribution >= 4 is 0 Å². The van der Waals surface area contributed by atoms with Crippen LogP contribution in [0.3, 0.4) is 0 Å². The molecule has 3 nitrogen and oxygen atoms in total. The monoisotopic (exact) mass is 461 g/mol. The number of hydrogen-bond acceptors (Lipinski definition) is 3. The van der Waals surface area contributed by atoms with Gasteiger partial charge >= 0.3 is 0 Å². The zero-order valence-electron chi connectivity index (χ0n) is 21.8. The quantitative estimate of drug-likeness (QED) is 0.401. The Bertz CT molecular complexity index is 918. The normalized spacial score (nSPS) is 25.2. The summed E-state index contributed by atoms with van der Waals surface area (Å²) < 4.78 is 12.3. The molecule has 0 unspecified atom stereocenters. The summed E-state index contributed by atoms with van der Waals surface area (Å²) in [7, 11) is 0. The zero-order chi connectivity index (χ0) is 24.3. The van der Waals surface area contributed by atoms with E-state index in [9.17, 15) is 0 Å². The summed E-state index contributed by atoms with van der Waals surface area (Å²) in [5.41, 5.74) is 5.60. The number of hydrogen-bond donors (Lipinski definition) is 0. The van der Waals surface area contributed by atoms with Crippen LogP contribution in [0.25, 0.3) is 0 Å². The van der Waals surface area contributed by atoms with Crippen molar-refractivity contribution in [3.8, 4) is 0 Å². The predicted octanol–water partition coefficient (Wildman–Crippen LogP) is 7.39. The van der Waals surface area contributed by atoms with E-state index in [1.807, 2.05) is 6.08 Å². The molecule has 0 aliphatic carbocycles. The van der Waals surface area contributed by atoms with E-state index in [-0.39, 0.29) is 23.3 Å². The van der Waals surface area contributed by atoms with Crippen LogP contribution >= 0.6 is 0 Å². The number of ether oxygens (including phenoxy) is 2. The van der Waals surface area contributed by atoms with Crippen LogP contribution in [0, 0.1) is 0 Å². The Morgan fingerprint density at radius 3 is 1.85 bits per heavy atom. The highest BCUT2D eigenvalue weighted by molar-refractivity contribution is 5.29. The van der Waals surface area contributed by atoms with Gasteiger partial charge in [0, 0.05) is 22.6 Å².